The zero-order valence-electron chi connectivity index (χ0n) is 14.9. The zero-order chi connectivity index (χ0) is 18.3. The molecule has 2 atom stereocenters. The van der Waals surface area contributed by atoms with E-state index in [4.69, 9.17) is 9.47 Å². The van der Waals surface area contributed by atoms with Crippen molar-refractivity contribution in [3.8, 4) is 11.5 Å². The summed E-state index contributed by atoms with van der Waals surface area (Å²) >= 11 is 0. The molecular formula is C20H23NO4S. The molecule has 2 aromatic carbocycles. The van der Waals surface area contributed by atoms with Crippen LogP contribution in [0.25, 0.3) is 0 Å². The molecule has 0 aliphatic carbocycles. The molecule has 1 saturated heterocycles. The highest BCUT2D eigenvalue weighted by Crippen LogP contribution is 2.43. The SMILES string of the molecule is CC(C)Oc1ccccc1S(=O)(=O)c1ccc2c(c1)OC1CNCCC21. The van der Waals surface area contributed by atoms with Crippen LogP contribution >= 0.6 is 0 Å². The Morgan fingerprint density at radius 1 is 1.19 bits per heavy atom. The van der Waals surface area contributed by atoms with Crippen LogP contribution in [0.1, 0.15) is 31.7 Å². The highest BCUT2D eigenvalue weighted by atomic mass is 32.2. The van der Waals surface area contributed by atoms with E-state index < -0.39 is 9.84 Å². The van der Waals surface area contributed by atoms with Gasteiger partial charge in [0.05, 0.1) is 11.0 Å². The van der Waals surface area contributed by atoms with Gasteiger partial charge >= 0.3 is 0 Å². The number of hydrogen-bond acceptors (Lipinski definition) is 5. The third kappa shape index (κ3) is 2.97. The Balaban J connectivity index is 1.73. The van der Waals surface area contributed by atoms with Gasteiger partial charge in [-0.1, -0.05) is 18.2 Å². The molecule has 0 aromatic heterocycles. The fraction of sp³-hybridized carbons (Fsp3) is 0.400. The number of piperidine rings is 1. The quantitative estimate of drug-likeness (QED) is 0.892. The number of fused-ring (bicyclic) bond motifs is 3. The molecule has 2 aliphatic heterocycles. The molecule has 1 N–H and O–H groups in total. The molecule has 6 heteroatoms. The zero-order valence-corrected chi connectivity index (χ0v) is 15.8. The van der Waals surface area contributed by atoms with Gasteiger partial charge < -0.3 is 14.8 Å². The van der Waals surface area contributed by atoms with E-state index in [1.165, 1.54) is 0 Å². The Morgan fingerprint density at radius 2 is 2.00 bits per heavy atom. The van der Waals surface area contributed by atoms with Crippen molar-refractivity contribution in [2.75, 3.05) is 13.1 Å². The second kappa shape index (κ2) is 6.59. The summed E-state index contributed by atoms with van der Waals surface area (Å²) in [6, 6.07) is 12.0. The topological polar surface area (TPSA) is 64.6 Å². The van der Waals surface area contributed by atoms with Crippen molar-refractivity contribution in [2.24, 2.45) is 0 Å². The lowest BCUT2D eigenvalue weighted by atomic mass is 9.90. The van der Waals surface area contributed by atoms with Crippen LogP contribution in [0.2, 0.25) is 0 Å². The molecule has 0 amide bonds. The maximum Gasteiger partial charge on any atom is 0.210 e. The van der Waals surface area contributed by atoms with Crippen molar-refractivity contribution in [2.45, 2.75) is 48.2 Å². The molecule has 4 rings (SSSR count). The molecule has 0 radical (unpaired) electrons. The van der Waals surface area contributed by atoms with Crippen molar-refractivity contribution in [3.63, 3.8) is 0 Å². The minimum Gasteiger partial charge on any atom is -0.490 e. The standard InChI is InChI=1S/C20H23NO4S/c1-13(2)24-17-5-3-4-6-20(17)26(22,23)14-7-8-15-16-9-10-21-12-19(16)25-18(15)11-14/h3-8,11,13,16,19,21H,9-10,12H2,1-2H3. The molecule has 138 valence electrons. The largest absolute Gasteiger partial charge is 0.490 e. The monoisotopic (exact) mass is 373 g/mol. The molecular weight excluding hydrogens is 350 g/mol. The maximum absolute atomic E-state index is 13.2. The number of benzene rings is 2. The minimum atomic E-state index is -3.69. The predicted octanol–water partition coefficient (Wildman–Crippen LogP) is 3.14. The Hall–Kier alpha value is -2.05. The molecule has 5 nitrogen and oxygen atoms in total. The van der Waals surface area contributed by atoms with Gasteiger partial charge in [-0.3, -0.25) is 0 Å². The lowest BCUT2D eigenvalue weighted by Gasteiger charge is -2.24. The summed E-state index contributed by atoms with van der Waals surface area (Å²) in [5.41, 5.74) is 1.11. The van der Waals surface area contributed by atoms with E-state index >= 15 is 0 Å². The summed E-state index contributed by atoms with van der Waals surface area (Å²) in [5.74, 6) is 1.41. The number of hydrogen-bond donors (Lipinski definition) is 1. The third-order valence-electron chi connectivity index (χ3n) is 4.90. The first-order valence-corrected chi connectivity index (χ1v) is 10.5. The first-order chi connectivity index (χ1) is 12.5. The van der Waals surface area contributed by atoms with Gasteiger partial charge in [-0.05, 0) is 51.1 Å². The molecule has 2 aliphatic rings. The first kappa shape index (κ1) is 17.4. The normalized spacial score (nSPS) is 21.8. The van der Waals surface area contributed by atoms with Gasteiger partial charge in [-0.2, -0.15) is 0 Å². The van der Waals surface area contributed by atoms with E-state index in [2.05, 4.69) is 5.32 Å². The van der Waals surface area contributed by atoms with Crippen LogP contribution in [0.4, 0.5) is 0 Å². The molecule has 2 heterocycles. The smallest absolute Gasteiger partial charge is 0.210 e. The van der Waals surface area contributed by atoms with E-state index in [0.29, 0.717) is 17.4 Å². The van der Waals surface area contributed by atoms with Crippen LogP contribution in [0, 0.1) is 0 Å². The number of para-hydroxylation sites is 1. The van der Waals surface area contributed by atoms with E-state index in [1.807, 2.05) is 19.9 Å². The van der Waals surface area contributed by atoms with Crippen molar-refractivity contribution in [1.29, 1.82) is 0 Å². The first-order valence-electron chi connectivity index (χ1n) is 8.99. The van der Waals surface area contributed by atoms with E-state index in [0.717, 1.165) is 25.1 Å². The summed E-state index contributed by atoms with van der Waals surface area (Å²) in [5, 5.41) is 3.33. The molecule has 0 spiro atoms. The predicted molar refractivity (Wildman–Crippen MR) is 98.7 cm³/mol. The van der Waals surface area contributed by atoms with Crippen LogP contribution in [-0.2, 0) is 9.84 Å². The van der Waals surface area contributed by atoms with Crippen LogP contribution < -0.4 is 14.8 Å². The lowest BCUT2D eigenvalue weighted by Crippen LogP contribution is -2.39. The lowest BCUT2D eigenvalue weighted by molar-refractivity contribution is 0.176. The highest BCUT2D eigenvalue weighted by Gasteiger charge is 2.37. The minimum absolute atomic E-state index is 0.0910. The Bertz CT molecular complexity index is 923. The molecule has 26 heavy (non-hydrogen) atoms. The van der Waals surface area contributed by atoms with E-state index in [1.54, 1.807) is 36.4 Å². The number of nitrogens with one attached hydrogen (secondary N) is 1. The molecule has 0 bridgehead atoms. The highest BCUT2D eigenvalue weighted by molar-refractivity contribution is 7.91. The fourth-order valence-corrected chi connectivity index (χ4v) is 5.12. The van der Waals surface area contributed by atoms with Gasteiger partial charge in [0.2, 0.25) is 9.84 Å². The van der Waals surface area contributed by atoms with Crippen molar-refractivity contribution >= 4 is 9.84 Å². The van der Waals surface area contributed by atoms with Crippen molar-refractivity contribution in [3.05, 3.63) is 48.0 Å². The average molecular weight is 373 g/mol. The van der Waals surface area contributed by atoms with Gasteiger partial charge in [0.25, 0.3) is 0 Å². The van der Waals surface area contributed by atoms with Gasteiger partial charge in [0.15, 0.2) is 0 Å². The number of rotatable bonds is 4. The Morgan fingerprint density at radius 3 is 2.81 bits per heavy atom. The second-order valence-electron chi connectivity index (χ2n) is 7.07. The van der Waals surface area contributed by atoms with E-state index in [9.17, 15) is 8.42 Å². The van der Waals surface area contributed by atoms with Gasteiger partial charge in [0.1, 0.15) is 22.5 Å². The summed E-state index contributed by atoms with van der Waals surface area (Å²) in [6.07, 6.45) is 0.994. The van der Waals surface area contributed by atoms with Gasteiger partial charge in [-0.15, -0.1) is 0 Å². The van der Waals surface area contributed by atoms with Crippen LogP contribution in [0.5, 0.6) is 11.5 Å². The van der Waals surface area contributed by atoms with Gasteiger partial charge in [-0.25, -0.2) is 8.42 Å². The van der Waals surface area contributed by atoms with Crippen LogP contribution in [0.3, 0.4) is 0 Å². The fourth-order valence-electron chi connectivity index (χ4n) is 3.71. The molecule has 2 unspecified atom stereocenters. The summed E-state index contributed by atoms with van der Waals surface area (Å²) in [6.45, 7) is 5.52. The van der Waals surface area contributed by atoms with Crippen molar-refractivity contribution in [1.82, 2.24) is 5.32 Å². The number of ether oxygens (including phenoxy) is 2. The molecule has 2 aromatic rings. The maximum atomic E-state index is 13.2. The second-order valence-corrected chi connectivity index (χ2v) is 8.99. The average Bonchev–Trinajstić information content (AvgIpc) is 2.99. The van der Waals surface area contributed by atoms with Crippen molar-refractivity contribution < 1.29 is 17.9 Å². The Kier molecular flexibility index (Phi) is 4.40. The summed E-state index contributed by atoms with van der Waals surface area (Å²) < 4.78 is 38.1. The van der Waals surface area contributed by atoms with Gasteiger partial charge in [0, 0.05) is 18.0 Å². The molecule has 0 saturated carbocycles. The summed E-state index contributed by atoms with van der Waals surface area (Å²) in [7, 11) is -3.69. The third-order valence-corrected chi connectivity index (χ3v) is 6.69. The van der Waals surface area contributed by atoms with Crippen LogP contribution in [-0.4, -0.2) is 33.7 Å². The number of sulfone groups is 1. The molecule has 1 fully saturated rings. The van der Waals surface area contributed by atoms with Crippen LogP contribution in [0.15, 0.2) is 52.3 Å². The Labute approximate surface area is 154 Å². The summed E-state index contributed by atoms with van der Waals surface area (Å²) in [4.78, 5) is 0.424. The van der Waals surface area contributed by atoms with E-state index in [-0.39, 0.29) is 22.0 Å².